The molecule has 1 fully saturated rings. The predicted molar refractivity (Wildman–Crippen MR) is 127 cm³/mol. The van der Waals surface area contributed by atoms with Crippen LogP contribution in [-0.2, 0) is 4.79 Å². The molecule has 0 aromatic heterocycles. The number of hydrogen-bond acceptors (Lipinski definition) is 2. The minimum absolute atomic E-state index is 0.266. The number of aliphatic carboxylic acids is 1. The molecule has 31 heavy (non-hydrogen) atoms. The lowest BCUT2D eigenvalue weighted by Crippen LogP contribution is -2.35. The summed E-state index contributed by atoms with van der Waals surface area (Å²) in [5.74, 6) is -0.961. The van der Waals surface area contributed by atoms with Gasteiger partial charge >= 0.3 is 5.97 Å². The van der Waals surface area contributed by atoms with Crippen LogP contribution in [0.3, 0.4) is 0 Å². The number of carbonyl (C=O) groups is 1. The van der Waals surface area contributed by atoms with Crippen molar-refractivity contribution < 1.29 is 9.90 Å². The van der Waals surface area contributed by atoms with Gasteiger partial charge in [-0.25, -0.2) is 0 Å². The molecule has 1 aliphatic rings. The number of rotatable bonds is 6. The van der Waals surface area contributed by atoms with Crippen LogP contribution in [0.15, 0.2) is 97.2 Å². The van der Waals surface area contributed by atoms with Crippen LogP contribution in [0.1, 0.15) is 18.4 Å². The highest BCUT2D eigenvalue weighted by Gasteiger charge is 2.23. The smallest absolute Gasteiger partial charge is 0.308 e. The Morgan fingerprint density at radius 3 is 2.29 bits per heavy atom. The molecule has 4 rings (SSSR count). The summed E-state index contributed by atoms with van der Waals surface area (Å²) < 4.78 is 0. The van der Waals surface area contributed by atoms with E-state index in [2.05, 4.69) is 83.8 Å². The van der Waals surface area contributed by atoms with Crippen LogP contribution in [0.5, 0.6) is 0 Å². The molecule has 1 aliphatic heterocycles. The minimum atomic E-state index is -0.695. The average molecular weight is 410 g/mol. The molecule has 1 atom stereocenters. The fourth-order valence-corrected chi connectivity index (χ4v) is 4.15. The van der Waals surface area contributed by atoms with Crippen LogP contribution in [0, 0.1) is 5.92 Å². The molecule has 3 heteroatoms. The zero-order chi connectivity index (χ0) is 21.5. The van der Waals surface area contributed by atoms with Gasteiger partial charge in [0.2, 0.25) is 0 Å². The highest BCUT2D eigenvalue weighted by atomic mass is 16.4. The maximum absolute atomic E-state index is 11.3. The van der Waals surface area contributed by atoms with Crippen molar-refractivity contribution >= 4 is 12.0 Å². The average Bonchev–Trinajstić information content (AvgIpc) is 2.83. The van der Waals surface area contributed by atoms with Gasteiger partial charge in [-0.2, -0.15) is 0 Å². The summed E-state index contributed by atoms with van der Waals surface area (Å²) >= 11 is 0. The Morgan fingerprint density at radius 2 is 1.52 bits per heavy atom. The number of allylic oxidation sites excluding steroid dienone is 2. The summed E-state index contributed by atoms with van der Waals surface area (Å²) in [6.07, 6.45) is 9.85. The second kappa shape index (κ2) is 9.94. The second-order valence-corrected chi connectivity index (χ2v) is 7.87. The molecule has 0 saturated carbocycles. The van der Waals surface area contributed by atoms with E-state index in [0.29, 0.717) is 6.54 Å². The molecule has 0 amide bonds. The van der Waals surface area contributed by atoms with Gasteiger partial charge in [-0.3, -0.25) is 4.79 Å². The first-order valence-electron chi connectivity index (χ1n) is 10.8. The van der Waals surface area contributed by atoms with E-state index in [0.717, 1.165) is 24.9 Å². The van der Waals surface area contributed by atoms with Crippen molar-refractivity contribution in [1.29, 1.82) is 0 Å². The fraction of sp³-hybridized carbons (Fsp3) is 0.179. The van der Waals surface area contributed by atoms with Crippen LogP contribution < -0.4 is 0 Å². The topological polar surface area (TPSA) is 40.5 Å². The molecule has 3 nitrogen and oxygen atoms in total. The van der Waals surface area contributed by atoms with Crippen LogP contribution in [-0.4, -0.2) is 29.1 Å². The van der Waals surface area contributed by atoms with E-state index in [-0.39, 0.29) is 5.92 Å². The molecule has 0 radical (unpaired) electrons. The van der Waals surface area contributed by atoms with Crippen molar-refractivity contribution in [3.8, 4) is 22.3 Å². The van der Waals surface area contributed by atoms with Crippen LogP contribution in [0.2, 0.25) is 0 Å². The minimum Gasteiger partial charge on any atom is -0.481 e. The van der Waals surface area contributed by atoms with E-state index in [1.807, 2.05) is 24.4 Å². The maximum atomic E-state index is 11.3. The molecular weight excluding hydrogens is 382 g/mol. The van der Waals surface area contributed by atoms with Crippen LogP contribution in [0.25, 0.3) is 28.3 Å². The van der Waals surface area contributed by atoms with Gasteiger partial charge in [0.25, 0.3) is 0 Å². The molecule has 1 heterocycles. The Labute approximate surface area is 184 Å². The Bertz CT molecular complexity index is 1080. The SMILES string of the molecule is O=C(O)[C@@H]1CCCN(/C=C/C=C/c2ccccc2-c2ccccc2-c2ccccc2)C1. The van der Waals surface area contributed by atoms with Crippen LogP contribution in [0.4, 0.5) is 0 Å². The van der Waals surface area contributed by atoms with Gasteiger partial charge in [0, 0.05) is 13.1 Å². The normalized spacial score (nSPS) is 16.8. The first-order valence-corrected chi connectivity index (χ1v) is 10.8. The Balaban J connectivity index is 1.56. The van der Waals surface area contributed by atoms with Crippen molar-refractivity contribution in [2.45, 2.75) is 12.8 Å². The molecule has 0 unspecified atom stereocenters. The van der Waals surface area contributed by atoms with Gasteiger partial charge in [-0.15, -0.1) is 0 Å². The number of carboxylic acids is 1. The molecule has 0 aliphatic carbocycles. The monoisotopic (exact) mass is 409 g/mol. The first kappa shape index (κ1) is 20.7. The van der Waals surface area contributed by atoms with Crippen molar-refractivity contribution in [3.63, 3.8) is 0 Å². The van der Waals surface area contributed by atoms with Crippen molar-refractivity contribution in [2.75, 3.05) is 13.1 Å². The predicted octanol–water partition coefficient (Wildman–Crippen LogP) is 6.34. The standard InChI is InChI=1S/C28H27NO2/c30-28(31)24-15-10-20-29(21-24)19-9-8-14-23-13-4-5-16-25(23)27-18-7-6-17-26(27)22-11-2-1-3-12-22/h1-9,11-14,16-19,24H,10,15,20-21H2,(H,30,31)/b14-8+,19-9+/t24-/m1/s1. The third-order valence-corrected chi connectivity index (χ3v) is 5.75. The summed E-state index contributed by atoms with van der Waals surface area (Å²) in [5.41, 5.74) is 5.97. The Hall–Kier alpha value is -3.59. The quantitative estimate of drug-likeness (QED) is 0.483. The number of nitrogens with zero attached hydrogens (tertiary/aromatic N) is 1. The van der Waals surface area contributed by atoms with E-state index >= 15 is 0 Å². The van der Waals surface area contributed by atoms with E-state index in [1.165, 1.54) is 22.3 Å². The maximum Gasteiger partial charge on any atom is 0.308 e. The highest BCUT2D eigenvalue weighted by molar-refractivity contribution is 5.87. The van der Waals surface area contributed by atoms with Crippen molar-refractivity contribution in [1.82, 2.24) is 4.90 Å². The zero-order valence-corrected chi connectivity index (χ0v) is 17.5. The number of carboxylic acid groups (broad SMARTS) is 1. The summed E-state index contributed by atoms with van der Waals surface area (Å²) in [6, 6.07) is 27.4. The van der Waals surface area contributed by atoms with Gasteiger partial charge < -0.3 is 10.0 Å². The third kappa shape index (κ3) is 5.13. The lowest BCUT2D eigenvalue weighted by atomic mass is 9.92. The Kier molecular flexibility index (Phi) is 6.63. The fourth-order valence-electron chi connectivity index (χ4n) is 4.15. The molecule has 1 N–H and O–H groups in total. The van der Waals surface area contributed by atoms with Crippen molar-refractivity contribution in [3.05, 3.63) is 103 Å². The second-order valence-electron chi connectivity index (χ2n) is 7.87. The number of benzene rings is 3. The molecule has 0 spiro atoms. The molecule has 156 valence electrons. The van der Waals surface area contributed by atoms with E-state index in [4.69, 9.17) is 0 Å². The molecule has 1 saturated heterocycles. The van der Waals surface area contributed by atoms with E-state index in [1.54, 1.807) is 0 Å². The highest BCUT2D eigenvalue weighted by Crippen LogP contribution is 2.34. The van der Waals surface area contributed by atoms with Crippen LogP contribution >= 0.6 is 0 Å². The van der Waals surface area contributed by atoms with Gasteiger partial charge in [0.05, 0.1) is 5.92 Å². The summed E-state index contributed by atoms with van der Waals surface area (Å²) in [4.78, 5) is 13.4. The largest absolute Gasteiger partial charge is 0.481 e. The lowest BCUT2D eigenvalue weighted by Gasteiger charge is -2.29. The number of piperidine rings is 1. The van der Waals surface area contributed by atoms with Gasteiger partial charge in [0.1, 0.15) is 0 Å². The zero-order valence-electron chi connectivity index (χ0n) is 17.5. The number of hydrogen-bond donors (Lipinski definition) is 1. The molecule has 0 bridgehead atoms. The molecule has 3 aromatic rings. The third-order valence-electron chi connectivity index (χ3n) is 5.75. The van der Waals surface area contributed by atoms with Gasteiger partial charge in [-0.1, -0.05) is 91.0 Å². The van der Waals surface area contributed by atoms with Gasteiger partial charge in [-0.05, 0) is 52.9 Å². The first-order chi connectivity index (χ1) is 15.2. The molecule has 3 aromatic carbocycles. The van der Waals surface area contributed by atoms with E-state index in [9.17, 15) is 9.90 Å². The Morgan fingerprint density at radius 1 is 0.839 bits per heavy atom. The van der Waals surface area contributed by atoms with E-state index < -0.39 is 5.97 Å². The lowest BCUT2D eigenvalue weighted by molar-refractivity contribution is -0.143. The number of likely N-dealkylation sites (tertiary alicyclic amines) is 1. The summed E-state index contributed by atoms with van der Waals surface area (Å²) in [6.45, 7) is 1.50. The van der Waals surface area contributed by atoms with Gasteiger partial charge in [0.15, 0.2) is 0 Å². The summed E-state index contributed by atoms with van der Waals surface area (Å²) in [7, 11) is 0. The van der Waals surface area contributed by atoms with Crippen molar-refractivity contribution in [2.24, 2.45) is 5.92 Å². The summed E-state index contributed by atoms with van der Waals surface area (Å²) in [5, 5.41) is 9.26. The molecular formula is C28H27NO2.